The topological polar surface area (TPSA) is 52.8 Å². The Kier molecular flexibility index (Phi) is 5.15. The number of rotatable bonds is 5. The second-order valence-electron chi connectivity index (χ2n) is 7.15. The van der Waals surface area contributed by atoms with Crippen LogP contribution in [0.2, 0.25) is 0 Å². The molecule has 0 N–H and O–H groups in total. The molecule has 30 heavy (non-hydrogen) atoms. The van der Waals surface area contributed by atoms with Crippen molar-refractivity contribution in [3.05, 3.63) is 78.0 Å². The van der Waals surface area contributed by atoms with Crippen LogP contribution in [-0.4, -0.2) is 19.5 Å². The van der Waals surface area contributed by atoms with Gasteiger partial charge in [-0.1, -0.05) is 44.2 Å². The molecule has 5 nitrogen and oxygen atoms in total. The highest BCUT2D eigenvalue weighted by molar-refractivity contribution is 5.79. The third-order valence-corrected chi connectivity index (χ3v) is 4.62. The van der Waals surface area contributed by atoms with Crippen molar-refractivity contribution in [1.29, 1.82) is 0 Å². The van der Waals surface area contributed by atoms with Gasteiger partial charge in [0.25, 0.3) is 0 Å². The van der Waals surface area contributed by atoms with Gasteiger partial charge >= 0.3 is 6.18 Å². The van der Waals surface area contributed by atoms with Gasteiger partial charge in [0.15, 0.2) is 0 Å². The zero-order valence-corrected chi connectivity index (χ0v) is 16.4. The highest BCUT2D eigenvalue weighted by Crippen LogP contribution is 2.37. The summed E-state index contributed by atoms with van der Waals surface area (Å²) < 4.78 is 48.6. The summed E-state index contributed by atoms with van der Waals surface area (Å²) in [6.07, 6.45) is -0.132. The molecule has 0 fully saturated rings. The SMILES string of the molecule is CC(C)c1nccn1-c1cc2ncc(OCc3ccccc3)nc2cc1C(F)(F)F. The number of imidazole rings is 1. The second kappa shape index (κ2) is 7.78. The molecule has 0 saturated heterocycles. The quantitative estimate of drug-likeness (QED) is 0.432. The van der Waals surface area contributed by atoms with Gasteiger partial charge in [0.05, 0.1) is 28.5 Å². The van der Waals surface area contributed by atoms with Crippen LogP contribution in [0.25, 0.3) is 16.7 Å². The van der Waals surface area contributed by atoms with Crippen molar-refractivity contribution in [3.63, 3.8) is 0 Å². The van der Waals surface area contributed by atoms with E-state index in [1.54, 1.807) is 0 Å². The lowest BCUT2D eigenvalue weighted by molar-refractivity contribution is -0.137. The maximum absolute atomic E-state index is 13.9. The van der Waals surface area contributed by atoms with Gasteiger partial charge in [-0.25, -0.2) is 15.0 Å². The first-order valence-electron chi connectivity index (χ1n) is 9.41. The van der Waals surface area contributed by atoms with Crippen LogP contribution in [0.15, 0.2) is 61.1 Å². The molecule has 2 aromatic heterocycles. The molecule has 2 heterocycles. The number of alkyl halides is 3. The molecule has 0 aliphatic heterocycles. The Morgan fingerprint density at radius 1 is 1.03 bits per heavy atom. The largest absolute Gasteiger partial charge is 0.472 e. The number of fused-ring (bicyclic) bond motifs is 1. The van der Waals surface area contributed by atoms with Crippen molar-refractivity contribution in [2.75, 3.05) is 0 Å². The Bertz CT molecular complexity index is 1170. The van der Waals surface area contributed by atoms with Gasteiger partial charge in [-0.2, -0.15) is 13.2 Å². The minimum Gasteiger partial charge on any atom is -0.472 e. The van der Waals surface area contributed by atoms with Crippen LogP contribution in [-0.2, 0) is 12.8 Å². The molecular weight excluding hydrogens is 393 g/mol. The van der Waals surface area contributed by atoms with E-state index in [2.05, 4.69) is 15.0 Å². The summed E-state index contributed by atoms with van der Waals surface area (Å²) in [7, 11) is 0. The standard InChI is InChI=1S/C22H19F3N4O/c1-14(2)21-26-8-9-29(21)19-11-17-18(10-16(19)22(23,24)25)28-20(12-27-17)30-13-15-6-4-3-5-7-15/h3-12,14H,13H2,1-2H3. The fourth-order valence-corrected chi connectivity index (χ4v) is 3.20. The average molecular weight is 412 g/mol. The van der Waals surface area contributed by atoms with Crippen molar-refractivity contribution in [1.82, 2.24) is 19.5 Å². The van der Waals surface area contributed by atoms with Crippen molar-refractivity contribution in [3.8, 4) is 11.6 Å². The molecule has 2 aromatic carbocycles. The summed E-state index contributed by atoms with van der Waals surface area (Å²) >= 11 is 0. The van der Waals surface area contributed by atoms with E-state index in [0.717, 1.165) is 11.6 Å². The number of halogens is 3. The van der Waals surface area contributed by atoms with Gasteiger partial charge in [0.2, 0.25) is 5.88 Å². The predicted octanol–water partition coefficient (Wildman–Crippen LogP) is 5.54. The Morgan fingerprint density at radius 2 is 1.80 bits per heavy atom. The van der Waals surface area contributed by atoms with Crippen molar-refractivity contribution in [2.45, 2.75) is 32.5 Å². The number of hydrogen-bond donors (Lipinski definition) is 0. The van der Waals surface area contributed by atoms with Crippen molar-refractivity contribution in [2.24, 2.45) is 0 Å². The smallest absolute Gasteiger partial charge is 0.418 e. The first-order valence-corrected chi connectivity index (χ1v) is 9.41. The van der Waals surface area contributed by atoms with E-state index < -0.39 is 11.7 Å². The van der Waals surface area contributed by atoms with Crippen LogP contribution in [0, 0.1) is 0 Å². The molecule has 0 atom stereocenters. The lowest BCUT2D eigenvalue weighted by Crippen LogP contribution is -2.13. The summed E-state index contributed by atoms with van der Waals surface area (Å²) in [6.45, 7) is 4.00. The molecule has 0 bridgehead atoms. The number of nitrogens with zero attached hydrogens (tertiary/aromatic N) is 4. The molecule has 0 aliphatic carbocycles. The van der Waals surface area contributed by atoms with Crippen molar-refractivity contribution < 1.29 is 17.9 Å². The maximum atomic E-state index is 13.9. The summed E-state index contributed by atoms with van der Waals surface area (Å²) in [5.74, 6) is 0.657. The van der Waals surface area contributed by atoms with Crippen LogP contribution in [0.4, 0.5) is 13.2 Å². The molecule has 0 unspecified atom stereocenters. The Balaban J connectivity index is 1.76. The summed E-state index contributed by atoms with van der Waals surface area (Å²) in [6, 6.07) is 11.8. The zero-order chi connectivity index (χ0) is 21.3. The normalized spacial score (nSPS) is 11.9. The van der Waals surface area contributed by atoms with E-state index in [0.29, 0.717) is 11.3 Å². The second-order valence-corrected chi connectivity index (χ2v) is 7.15. The molecule has 8 heteroatoms. The first-order chi connectivity index (χ1) is 14.3. The van der Waals surface area contributed by atoms with Gasteiger partial charge in [-0.05, 0) is 17.7 Å². The minimum atomic E-state index is -4.56. The van der Waals surface area contributed by atoms with Crippen LogP contribution >= 0.6 is 0 Å². The highest BCUT2D eigenvalue weighted by Gasteiger charge is 2.35. The van der Waals surface area contributed by atoms with Gasteiger partial charge in [-0.15, -0.1) is 0 Å². The lowest BCUT2D eigenvalue weighted by Gasteiger charge is -2.17. The molecule has 0 spiro atoms. The predicted molar refractivity (Wildman–Crippen MR) is 107 cm³/mol. The number of ether oxygens (including phenoxy) is 1. The fraction of sp³-hybridized carbons (Fsp3) is 0.227. The third kappa shape index (κ3) is 3.98. The Hall–Kier alpha value is -3.42. The molecule has 4 aromatic rings. The van der Waals surface area contributed by atoms with E-state index in [-0.39, 0.29) is 29.6 Å². The Morgan fingerprint density at radius 3 is 2.50 bits per heavy atom. The number of aromatic nitrogens is 4. The number of benzene rings is 2. The van der Waals surface area contributed by atoms with E-state index >= 15 is 0 Å². The Labute approximate surface area is 171 Å². The van der Waals surface area contributed by atoms with Crippen LogP contribution in [0.5, 0.6) is 5.88 Å². The summed E-state index contributed by atoms with van der Waals surface area (Å²) in [5, 5.41) is 0. The summed E-state index contributed by atoms with van der Waals surface area (Å²) in [5.41, 5.74) is 0.552. The van der Waals surface area contributed by atoms with Gasteiger partial charge in [-0.3, -0.25) is 0 Å². The third-order valence-electron chi connectivity index (χ3n) is 4.62. The first kappa shape index (κ1) is 19.9. The van der Waals surface area contributed by atoms with Crippen LogP contribution in [0.1, 0.15) is 36.7 Å². The lowest BCUT2D eigenvalue weighted by atomic mass is 10.1. The van der Waals surface area contributed by atoms with Crippen molar-refractivity contribution >= 4 is 11.0 Å². The van der Waals surface area contributed by atoms with Gasteiger partial charge in [0, 0.05) is 18.3 Å². The maximum Gasteiger partial charge on any atom is 0.418 e. The van der Waals surface area contributed by atoms with E-state index in [1.807, 2.05) is 44.2 Å². The highest BCUT2D eigenvalue weighted by atomic mass is 19.4. The van der Waals surface area contributed by atoms with E-state index in [4.69, 9.17) is 4.74 Å². The molecular formula is C22H19F3N4O. The number of hydrogen-bond acceptors (Lipinski definition) is 4. The molecule has 0 aliphatic rings. The molecule has 154 valence electrons. The molecule has 0 saturated carbocycles. The minimum absolute atomic E-state index is 0.0246. The molecule has 0 amide bonds. The van der Waals surface area contributed by atoms with E-state index in [1.165, 1.54) is 29.2 Å². The fourth-order valence-electron chi connectivity index (χ4n) is 3.20. The monoisotopic (exact) mass is 412 g/mol. The van der Waals surface area contributed by atoms with E-state index in [9.17, 15) is 13.2 Å². The average Bonchev–Trinajstić information content (AvgIpc) is 3.21. The zero-order valence-electron chi connectivity index (χ0n) is 16.4. The summed E-state index contributed by atoms with van der Waals surface area (Å²) in [4.78, 5) is 12.7. The van der Waals surface area contributed by atoms with Gasteiger partial charge in [0.1, 0.15) is 12.4 Å². The van der Waals surface area contributed by atoms with Crippen LogP contribution in [0.3, 0.4) is 0 Å². The van der Waals surface area contributed by atoms with Gasteiger partial charge < -0.3 is 9.30 Å². The molecule has 4 rings (SSSR count). The van der Waals surface area contributed by atoms with Crippen LogP contribution < -0.4 is 4.74 Å². The molecule has 0 radical (unpaired) electrons.